The molecule has 1 aromatic rings. The van der Waals surface area contributed by atoms with Crippen LogP contribution in [0.2, 0.25) is 0 Å². The third-order valence-corrected chi connectivity index (χ3v) is 2.76. The van der Waals surface area contributed by atoms with Gasteiger partial charge in [-0.2, -0.15) is 0 Å². The molecule has 0 fully saturated rings. The first-order valence-corrected chi connectivity index (χ1v) is 6.50. The zero-order valence-corrected chi connectivity index (χ0v) is 12.0. The number of nitrogens with one attached hydrogen (secondary N) is 2. The molecule has 0 atom stereocenters. The van der Waals surface area contributed by atoms with Crippen LogP contribution in [0.1, 0.15) is 27.7 Å². The summed E-state index contributed by atoms with van der Waals surface area (Å²) in [6.45, 7) is 8.72. The van der Waals surface area contributed by atoms with Gasteiger partial charge in [-0.15, -0.1) is 0 Å². The Bertz CT molecular complexity index is 436. The zero-order chi connectivity index (χ0) is 14.3. The molecule has 0 radical (unpaired) electrons. The van der Waals surface area contributed by atoms with Crippen LogP contribution in [-0.4, -0.2) is 12.6 Å². The minimum Gasteiger partial charge on any atom is -0.494 e. The van der Waals surface area contributed by atoms with Gasteiger partial charge in [0.15, 0.2) is 0 Å². The first kappa shape index (κ1) is 15.1. The Hall–Kier alpha value is -1.97. The van der Waals surface area contributed by atoms with Crippen LogP contribution in [0.15, 0.2) is 36.0 Å². The van der Waals surface area contributed by atoms with Gasteiger partial charge in [0, 0.05) is 11.9 Å². The van der Waals surface area contributed by atoms with E-state index in [-0.39, 0.29) is 6.03 Å². The topological polar surface area (TPSA) is 50.4 Å². The third kappa shape index (κ3) is 5.46. The predicted molar refractivity (Wildman–Crippen MR) is 78.4 cm³/mol. The van der Waals surface area contributed by atoms with Crippen molar-refractivity contribution in [2.75, 3.05) is 11.9 Å². The summed E-state index contributed by atoms with van der Waals surface area (Å²) in [5, 5.41) is 5.46. The summed E-state index contributed by atoms with van der Waals surface area (Å²) < 4.78 is 5.33. The number of benzene rings is 1. The van der Waals surface area contributed by atoms with E-state index in [1.165, 1.54) is 0 Å². The second kappa shape index (κ2) is 7.46. The third-order valence-electron chi connectivity index (χ3n) is 2.76. The van der Waals surface area contributed by atoms with Crippen molar-refractivity contribution in [3.63, 3.8) is 0 Å². The van der Waals surface area contributed by atoms with Crippen molar-refractivity contribution in [1.29, 1.82) is 0 Å². The Morgan fingerprint density at radius 1 is 1.32 bits per heavy atom. The molecule has 0 heterocycles. The Labute approximate surface area is 114 Å². The highest BCUT2D eigenvalue weighted by molar-refractivity contribution is 5.89. The summed E-state index contributed by atoms with van der Waals surface area (Å²) in [5.74, 6) is 1.22. The van der Waals surface area contributed by atoms with Crippen LogP contribution in [0.25, 0.3) is 0 Å². The van der Waals surface area contributed by atoms with Gasteiger partial charge >= 0.3 is 6.03 Å². The molecule has 0 saturated carbocycles. The van der Waals surface area contributed by atoms with E-state index in [0.717, 1.165) is 17.0 Å². The highest BCUT2D eigenvalue weighted by atomic mass is 16.5. The quantitative estimate of drug-likeness (QED) is 0.848. The molecule has 2 amide bonds. The maximum absolute atomic E-state index is 11.7. The molecular formula is C15H22N2O2. The van der Waals surface area contributed by atoms with Gasteiger partial charge in [-0.3, -0.25) is 0 Å². The number of anilines is 1. The van der Waals surface area contributed by atoms with Crippen molar-refractivity contribution in [3.8, 4) is 5.75 Å². The highest BCUT2D eigenvalue weighted by Crippen LogP contribution is 2.15. The number of hydrogen-bond donors (Lipinski definition) is 2. The lowest BCUT2D eigenvalue weighted by molar-refractivity contribution is 0.255. The second-order valence-corrected chi connectivity index (χ2v) is 4.60. The van der Waals surface area contributed by atoms with Gasteiger partial charge in [0.25, 0.3) is 0 Å². The predicted octanol–water partition coefficient (Wildman–Crippen LogP) is 3.77. The Kier molecular flexibility index (Phi) is 5.93. The van der Waals surface area contributed by atoms with Crippen molar-refractivity contribution < 1.29 is 9.53 Å². The maximum atomic E-state index is 11.7. The van der Waals surface area contributed by atoms with Crippen LogP contribution >= 0.6 is 0 Å². The van der Waals surface area contributed by atoms with E-state index in [2.05, 4.69) is 24.5 Å². The van der Waals surface area contributed by atoms with Gasteiger partial charge in [0.05, 0.1) is 6.61 Å². The van der Waals surface area contributed by atoms with Crippen LogP contribution in [0.5, 0.6) is 5.75 Å². The monoisotopic (exact) mass is 262 g/mol. The van der Waals surface area contributed by atoms with E-state index in [1.807, 2.05) is 38.1 Å². The van der Waals surface area contributed by atoms with Crippen LogP contribution in [0.4, 0.5) is 10.5 Å². The Balaban J connectivity index is 2.50. The smallest absolute Gasteiger partial charge is 0.323 e. The van der Waals surface area contributed by atoms with Gasteiger partial charge in [-0.05, 0) is 44.0 Å². The largest absolute Gasteiger partial charge is 0.494 e. The number of ether oxygens (including phenoxy) is 1. The number of urea groups is 1. The number of rotatable bonds is 5. The highest BCUT2D eigenvalue weighted by Gasteiger charge is 2.01. The average molecular weight is 262 g/mol. The van der Waals surface area contributed by atoms with Crippen LogP contribution < -0.4 is 15.4 Å². The molecule has 104 valence electrons. The number of carbonyl (C=O) groups excluding carboxylic acids is 1. The summed E-state index contributed by atoms with van der Waals surface area (Å²) in [5.41, 5.74) is 1.86. The number of hydrogen-bond acceptors (Lipinski definition) is 2. The molecule has 2 N–H and O–H groups in total. The molecule has 1 aromatic carbocycles. The number of allylic oxidation sites excluding steroid dienone is 1. The molecule has 0 bridgehead atoms. The molecule has 1 rings (SSSR count). The molecule has 0 spiro atoms. The molecule has 0 aromatic heterocycles. The van der Waals surface area contributed by atoms with E-state index in [1.54, 1.807) is 6.20 Å². The van der Waals surface area contributed by atoms with E-state index in [4.69, 9.17) is 4.74 Å². The molecule has 0 unspecified atom stereocenters. The lowest BCUT2D eigenvalue weighted by atomic mass is 10.1. The van der Waals surface area contributed by atoms with Crippen LogP contribution in [0, 0.1) is 5.92 Å². The number of amides is 2. The lowest BCUT2D eigenvalue weighted by Gasteiger charge is -2.08. The summed E-state index contributed by atoms with van der Waals surface area (Å²) in [6.07, 6.45) is 1.73. The molecular weight excluding hydrogens is 240 g/mol. The van der Waals surface area contributed by atoms with Gasteiger partial charge in [-0.1, -0.05) is 19.4 Å². The van der Waals surface area contributed by atoms with E-state index in [0.29, 0.717) is 12.5 Å². The SMILES string of the molecule is CCOc1ccc(NC(=O)N/C=C(\C)C(C)C)cc1. The maximum Gasteiger partial charge on any atom is 0.323 e. The van der Waals surface area contributed by atoms with Crippen molar-refractivity contribution in [1.82, 2.24) is 5.32 Å². The van der Waals surface area contributed by atoms with Crippen molar-refractivity contribution in [3.05, 3.63) is 36.0 Å². The standard InChI is InChI=1S/C15H22N2O2/c1-5-19-14-8-6-13(7-9-14)17-15(18)16-10-12(4)11(2)3/h6-11H,5H2,1-4H3,(H2,16,17,18)/b12-10+. The minimum absolute atomic E-state index is 0.246. The molecule has 0 aliphatic heterocycles. The molecule has 0 aliphatic carbocycles. The van der Waals surface area contributed by atoms with E-state index < -0.39 is 0 Å². The summed E-state index contributed by atoms with van der Waals surface area (Å²) >= 11 is 0. The first-order valence-electron chi connectivity index (χ1n) is 6.50. The lowest BCUT2D eigenvalue weighted by Crippen LogP contribution is -2.24. The van der Waals surface area contributed by atoms with Crippen molar-refractivity contribution in [2.24, 2.45) is 5.92 Å². The summed E-state index contributed by atoms with van der Waals surface area (Å²) in [6, 6.07) is 7.03. The fourth-order valence-electron chi connectivity index (χ4n) is 1.31. The van der Waals surface area contributed by atoms with Crippen LogP contribution in [-0.2, 0) is 0 Å². The van der Waals surface area contributed by atoms with E-state index >= 15 is 0 Å². The van der Waals surface area contributed by atoms with Gasteiger partial charge in [0.1, 0.15) is 5.75 Å². The van der Waals surface area contributed by atoms with Crippen molar-refractivity contribution >= 4 is 11.7 Å². The fourth-order valence-corrected chi connectivity index (χ4v) is 1.31. The Morgan fingerprint density at radius 3 is 2.47 bits per heavy atom. The van der Waals surface area contributed by atoms with Gasteiger partial charge in [-0.25, -0.2) is 4.79 Å². The first-order chi connectivity index (χ1) is 9.02. The molecule has 4 heteroatoms. The zero-order valence-electron chi connectivity index (χ0n) is 12.0. The summed E-state index contributed by atoms with van der Waals surface area (Å²) in [7, 11) is 0. The molecule has 4 nitrogen and oxygen atoms in total. The number of carbonyl (C=O) groups is 1. The molecule has 19 heavy (non-hydrogen) atoms. The van der Waals surface area contributed by atoms with Gasteiger partial charge < -0.3 is 15.4 Å². The minimum atomic E-state index is -0.246. The Morgan fingerprint density at radius 2 is 1.95 bits per heavy atom. The van der Waals surface area contributed by atoms with Crippen LogP contribution in [0.3, 0.4) is 0 Å². The molecule has 0 aliphatic rings. The van der Waals surface area contributed by atoms with E-state index in [9.17, 15) is 4.79 Å². The normalized spacial score (nSPS) is 11.3. The van der Waals surface area contributed by atoms with Crippen molar-refractivity contribution in [2.45, 2.75) is 27.7 Å². The average Bonchev–Trinajstić information content (AvgIpc) is 2.38. The molecule has 0 saturated heterocycles. The fraction of sp³-hybridized carbons (Fsp3) is 0.400. The van der Waals surface area contributed by atoms with Gasteiger partial charge in [0.2, 0.25) is 0 Å². The summed E-state index contributed by atoms with van der Waals surface area (Å²) in [4.78, 5) is 11.7. The second-order valence-electron chi connectivity index (χ2n) is 4.60.